The molecular weight excluding hydrogens is 232 g/mol. The van der Waals surface area contributed by atoms with Gasteiger partial charge in [0.15, 0.2) is 0 Å². The molecule has 0 aromatic heterocycles. The van der Waals surface area contributed by atoms with Crippen molar-refractivity contribution in [2.24, 2.45) is 5.41 Å². The van der Waals surface area contributed by atoms with E-state index in [1.54, 1.807) is 6.92 Å². The summed E-state index contributed by atoms with van der Waals surface area (Å²) in [5.41, 5.74) is -0.382. The molecule has 1 fully saturated rings. The van der Waals surface area contributed by atoms with Gasteiger partial charge in [-0.05, 0) is 26.8 Å². The van der Waals surface area contributed by atoms with Gasteiger partial charge in [0.25, 0.3) is 0 Å². The molecule has 1 rings (SSSR count). The van der Waals surface area contributed by atoms with Crippen molar-refractivity contribution in [2.45, 2.75) is 20.3 Å². The van der Waals surface area contributed by atoms with Crippen molar-refractivity contribution in [3.05, 3.63) is 0 Å². The maximum Gasteiger partial charge on any atom is 0.325 e. The lowest BCUT2D eigenvalue weighted by Gasteiger charge is -2.20. The van der Waals surface area contributed by atoms with Gasteiger partial charge in [0, 0.05) is 6.54 Å². The lowest BCUT2D eigenvalue weighted by Crippen LogP contribution is -2.42. The summed E-state index contributed by atoms with van der Waals surface area (Å²) in [6.07, 6.45) is 0.807. The van der Waals surface area contributed by atoms with Crippen molar-refractivity contribution < 1.29 is 14.3 Å². The third kappa shape index (κ3) is 3.98. The van der Waals surface area contributed by atoms with Crippen molar-refractivity contribution in [2.75, 3.05) is 26.2 Å². The molecule has 0 aromatic rings. The molecule has 2 N–H and O–H groups in total. The van der Waals surface area contributed by atoms with Crippen molar-refractivity contribution in [3.63, 3.8) is 0 Å². The van der Waals surface area contributed by atoms with Gasteiger partial charge in [-0.1, -0.05) is 0 Å². The zero-order valence-corrected chi connectivity index (χ0v) is 10.5. The van der Waals surface area contributed by atoms with Crippen LogP contribution in [0.15, 0.2) is 0 Å². The Morgan fingerprint density at radius 3 is 2.69 bits per heavy atom. The standard InChI is InChI=1S/C10H18N2O3.ClH/c1-3-15-8(13)6-12-9(14)10(2)4-5-11-7-10;/h11H,3-7H2,1-2H3,(H,12,14);1H. The summed E-state index contributed by atoms with van der Waals surface area (Å²) in [5.74, 6) is -0.471. The van der Waals surface area contributed by atoms with Gasteiger partial charge in [-0.3, -0.25) is 9.59 Å². The number of amides is 1. The van der Waals surface area contributed by atoms with Crippen LogP contribution in [0.5, 0.6) is 0 Å². The van der Waals surface area contributed by atoms with Gasteiger partial charge in [0.05, 0.1) is 12.0 Å². The third-order valence-corrected chi connectivity index (χ3v) is 2.62. The van der Waals surface area contributed by atoms with Gasteiger partial charge in [-0.15, -0.1) is 12.4 Å². The van der Waals surface area contributed by atoms with E-state index >= 15 is 0 Å². The minimum Gasteiger partial charge on any atom is -0.465 e. The van der Waals surface area contributed by atoms with Crippen LogP contribution in [0.2, 0.25) is 0 Å². The third-order valence-electron chi connectivity index (χ3n) is 2.62. The molecule has 6 heteroatoms. The summed E-state index contributed by atoms with van der Waals surface area (Å²) in [6, 6.07) is 0. The molecule has 1 unspecified atom stereocenters. The highest BCUT2D eigenvalue weighted by Crippen LogP contribution is 2.24. The highest BCUT2D eigenvalue weighted by molar-refractivity contribution is 5.86. The maximum absolute atomic E-state index is 11.7. The Hall–Kier alpha value is -0.810. The second kappa shape index (κ2) is 6.70. The van der Waals surface area contributed by atoms with E-state index in [4.69, 9.17) is 4.74 Å². The van der Waals surface area contributed by atoms with Gasteiger partial charge in [0.1, 0.15) is 6.54 Å². The van der Waals surface area contributed by atoms with E-state index in [0.717, 1.165) is 13.0 Å². The number of carbonyl (C=O) groups excluding carboxylic acids is 2. The maximum atomic E-state index is 11.7. The molecule has 0 saturated carbocycles. The molecule has 0 bridgehead atoms. The van der Waals surface area contributed by atoms with E-state index in [1.165, 1.54) is 0 Å². The molecule has 94 valence electrons. The Bertz CT molecular complexity index is 252. The first-order valence-electron chi connectivity index (χ1n) is 5.23. The zero-order valence-electron chi connectivity index (χ0n) is 9.67. The number of esters is 1. The molecule has 5 nitrogen and oxygen atoms in total. The van der Waals surface area contributed by atoms with Crippen molar-refractivity contribution >= 4 is 24.3 Å². The Morgan fingerprint density at radius 2 is 2.19 bits per heavy atom. The average molecular weight is 251 g/mol. The fourth-order valence-electron chi connectivity index (χ4n) is 1.59. The Balaban J connectivity index is 0.00000225. The molecule has 1 atom stereocenters. The topological polar surface area (TPSA) is 67.4 Å². The molecule has 1 aliphatic rings. The molecule has 0 aromatic carbocycles. The molecule has 0 aliphatic carbocycles. The van der Waals surface area contributed by atoms with E-state index in [2.05, 4.69) is 10.6 Å². The first-order valence-corrected chi connectivity index (χ1v) is 5.23. The normalized spacial score (nSPS) is 23.4. The summed E-state index contributed by atoms with van der Waals surface area (Å²) < 4.78 is 4.72. The summed E-state index contributed by atoms with van der Waals surface area (Å²) >= 11 is 0. The van der Waals surface area contributed by atoms with Gasteiger partial charge in [0.2, 0.25) is 5.91 Å². The molecule has 1 saturated heterocycles. The van der Waals surface area contributed by atoms with Crippen LogP contribution in [-0.4, -0.2) is 38.1 Å². The molecule has 1 heterocycles. The van der Waals surface area contributed by atoms with Crippen LogP contribution in [0.1, 0.15) is 20.3 Å². The molecule has 0 spiro atoms. The Morgan fingerprint density at radius 1 is 1.50 bits per heavy atom. The lowest BCUT2D eigenvalue weighted by molar-refractivity contribution is -0.144. The number of carbonyl (C=O) groups is 2. The van der Waals surface area contributed by atoms with E-state index < -0.39 is 0 Å². The smallest absolute Gasteiger partial charge is 0.325 e. The SMILES string of the molecule is CCOC(=O)CNC(=O)C1(C)CCNC1.Cl. The van der Waals surface area contributed by atoms with Gasteiger partial charge >= 0.3 is 5.97 Å². The highest BCUT2D eigenvalue weighted by Gasteiger charge is 2.36. The van der Waals surface area contributed by atoms with Crippen molar-refractivity contribution in [1.82, 2.24) is 10.6 Å². The fraction of sp³-hybridized carbons (Fsp3) is 0.800. The van der Waals surface area contributed by atoms with Crippen LogP contribution in [0.4, 0.5) is 0 Å². The zero-order chi connectivity index (χ0) is 11.3. The van der Waals surface area contributed by atoms with Gasteiger partial charge in [-0.2, -0.15) is 0 Å². The second-order valence-electron chi connectivity index (χ2n) is 3.98. The van der Waals surface area contributed by atoms with E-state index in [0.29, 0.717) is 13.2 Å². The predicted molar refractivity (Wildman–Crippen MR) is 62.5 cm³/mol. The monoisotopic (exact) mass is 250 g/mol. The lowest BCUT2D eigenvalue weighted by atomic mass is 9.89. The number of ether oxygens (including phenoxy) is 1. The first-order chi connectivity index (χ1) is 7.08. The van der Waals surface area contributed by atoms with E-state index in [1.807, 2.05) is 6.92 Å². The molecule has 1 amide bonds. The summed E-state index contributed by atoms with van der Waals surface area (Å²) in [5, 5.41) is 5.73. The van der Waals surface area contributed by atoms with Crippen molar-refractivity contribution in [1.29, 1.82) is 0 Å². The quantitative estimate of drug-likeness (QED) is 0.694. The number of hydrogen-bond donors (Lipinski definition) is 2. The molecule has 1 aliphatic heterocycles. The van der Waals surface area contributed by atoms with Crippen LogP contribution in [0.3, 0.4) is 0 Å². The Labute approximate surface area is 102 Å². The minimum absolute atomic E-state index is 0. The first kappa shape index (κ1) is 15.2. The molecular formula is C10H19ClN2O3. The number of halogens is 1. The largest absolute Gasteiger partial charge is 0.465 e. The number of hydrogen-bond acceptors (Lipinski definition) is 4. The minimum atomic E-state index is -0.389. The fourth-order valence-corrected chi connectivity index (χ4v) is 1.59. The number of nitrogens with one attached hydrogen (secondary N) is 2. The number of rotatable bonds is 4. The highest BCUT2D eigenvalue weighted by atomic mass is 35.5. The van der Waals surface area contributed by atoms with Crippen LogP contribution in [0, 0.1) is 5.41 Å². The van der Waals surface area contributed by atoms with E-state index in [-0.39, 0.29) is 36.2 Å². The van der Waals surface area contributed by atoms with Crippen LogP contribution >= 0.6 is 12.4 Å². The summed E-state index contributed by atoms with van der Waals surface area (Å²) in [4.78, 5) is 22.7. The summed E-state index contributed by atoms with van der Waals surface area (Å²) in [6.45, 7) is 5.45. The summed E-state index contributed by atoms with van der Waals surface area (Å²) in [7, 11) is 0. The van der Waals surface area contributed by atoms with Crippen LogP contribution in [0.25, 0.3) is 0 Å². The van der Waals surface area contributed by atoms with Crippen LogP contribution < -0.4 is 10.6 Å². The second-order valence-corrected chi connectivity index (χ2v) is 3.98. The van der Waals surface area contributed by atoms with Gasteiger partial charge in [-0.25, -0.2) is 0 Å². The van der Waals surface area contributed by atoms with Gasteiger partial charge < -0.3 is 15.4 Å². The average Bonchev–Trinajstić information content (AvgIpc) is 2.63. The molecule has 0 radical (unpaired) electrons. The molecule has 16 heavy (non-hydrogen) atoms. The van der Waals surface area contributed by atoms with Crippen molar-refractivity contribution in [3.8, 4) is 0 Å². The predicted octanol–water partition coefficient (Wildman–Crippen LogP) is 0.0871. The van der Waals surface area contributed by atoms with Crippen LogP contribution in [-0.2, 0) is 14.3 Å². The van der Waals surface area contributed by atoms with E-state index in [9.17, 15) is 9.59 Å². The Kier molecular flexibility index (Phi) is 6.36.